The summed E-state index contributed by atoms with van der Waals surface area (Å²) < 4.78 is 60.9. The van der Waals surface area contributed by atoms with Crippen molar-refractivity contribution in [2.75, 3.05) is 39.6 Å². The molecule has 91 heavy (non-hydrogen) atoms. The molecule has 0 fully saturated rings. The van der Waals surface area contributed by atoms with Crippen molar-refractivity contribution >= 4 is 33.6 Å². The maximum absolute atomic E-state index is 12.9. The van der Waals surface area contributed by atoms with Gasteiger partial charge < -0.3 is 34.2 Å². The van der Waals surface area contributed by atoms with E-state index >= 15 is 0 Å². The Kier molecular flexibility index (Phi) is 63.9. The molecule has 0 aliphatic heterocycles. The molecule has 0 heterocycles. The lowest BCUT2D eigenvalue weighted by atomic mass is 10.0. The summed E-state index contributed by atoms with van der Waals surface area (Å²) >= 11 is 0. The van der Waals surface area contributed by atoms with Crippen LogP contribution in [0.2, 0.25) is 0 Å². The van der Waals surface area contributed by atoms with E-state index in [0.29, 0.717) is 19.3 Å². The topological polar surface area (TPSA) is 231 Å². The molecule has 0 spiro atoms. The molecule has 0 aromatic rings. The number of phosphoric ester groups is 2. The fourth-order valence-corrected chi connectivity index (χ4v) is 10.9. The number of aliphatic hydroxyl groups excluding tert-OH is 2. The number of aliphatic hydroxyl groups is 2. The molecule has 0 aliphatic carbocycles. The lowest BCUT2D eigenvalue weighted by Crippen LogP contribution is -2.30. The molecular formula is C73H128O16P2. The average Bonchev–Trinajstić information content (AvgIpc) is 3.70. The molecule has 0 saturated carbocycles. The van der Waals surface area contributed by atoms with E-state index in [0.717, 1.165) is 141 Å². The standard InChI is InChI=1S/C73H128O16P2/c1-4-7-10-13-16-19-22-25-27-28-29-30-31-32-33-34-35-36-37-38-40-43-44-47-50-53-56-59-71(76)83-62-68(74)63-85-90(79,80)86-64-69(75)65-87-91(81,82)88-67-70(89-73(78)61-58-55-52-49-46-41-24-21-18-15-12-9-6-3)66-84-72(77)60-57-54-51-48-45-42-39-26-23-20-17-14-11-8-5-2/h7,10,16-17,19-21,24-27,29-30,32-33,39,68-70,74-75H,4-6,8-9,11-15,18,22-23,28,31,34-38,40-67H2,1-3H3,(H,79,80)(H,81,82)/b10-7-,19-16-,20-17-,24-21-,27-25-,30-29-,33-32-,39-26-. The molecule has 0 aromatic carbocycles. The summed E-state index contributed by atoms with van der Waals surface area (Å²) in [6, 6.07) is 0. The van der Waals surface area contributed by atoms with Gasteiger partial charge in [-0.3, -0.25) is 32.5 Å². The van der Waals surface area contributed by atoms with Crippen molar-refractivity contribution in [1.29, 1.82) is 0 Å². The number of hydrogen-bond donors (Lipinski definition) is 4. The molecule has 5 unspecified atom stereocenters. The molecule has 18 heteroatoms. The van der Waals surface area contributed by atoms with Crippen LogP contribution in [0.1, 0.15) is 290 Å². The van der Waals surface area contributed by atoms with E-state index in [9.17, 15) is 43.5 Å². The van der Waals surface area contributed by atoms with Crippen LogP contribution in [0, 0.1) is 0 Å². The molecule has 0 bridgehead atoms. The largest absolute Gasteiger partial charge is 0.472 e. The van der Waals surface area contributed by atoms with E-state index < -0.39 is 91.5 Å². The van der Waals surface area contributed by atoms with Crippen molar-refractivity contribution in [2.24, 2.45) is 0 Å². The second kappa shape index (κ2) is 66.5. The predicted molar refractivity (Wildman–Crippen MR) is 371 cm³/mol. The monoisotopic (exact) mass is 1320 g/mol. The number of rotatable bonds is 67. The summed E-state index contributed by atoms with van der Waals surface area (Å²) in [5, 5.41) is 20.6. The Hall–Kier alpha value is -3.53. The second-order valence-electron chi connectivity index (χ2n) is 23.6. The SMILES string of the molecule is CC/C=C\C/C=C\C/C=C\C/C=C\C/C=C\CCCCCCCCCCCCCC(=O)OCC(O)COP(=O)(O)OCC(O)COP(=O)(O)OCC(COC(=O)CCCCCCC/C=C\C/C=C\CCCCC)OC(=O)CCCCCCC/C=C\CCCCCC. The third kappa shape index (κ3) is 67.7. The van der Waals surface area contributed by atoms with Gasteiger partial charge in [-0.25, -0.2) is 9.13 Å². The number of phosphoric acid groups is 2. The number of carbonyl (C=O) groups is 3. The van der Waals surface area contributed by atoms with Gasteiger partial charge in [-0.05, 0) is 122 Å². The molecular weight excluding hydrogens is 1190 g/mol. The minimum Gasteiger partial charge on any atom is -0.463 e. The first kappa shape index (κ1) is 87.5. The summed E-state index contributed by atoms with van der Waals surface area (Å²) in [5.74, 6) is -1.60. The van der Waals surface area contributed by atoms with Gasteiger partial charge in [-0.15, -0.1) is 0 Å². The second-order valence-corrected chi connectivity index (χ2v) is 26.6. The van der Waals surface area contributed by atoms with Gasteiger partial charge in [0.1, 0.15) is 25.4 Å². The third-order valence-electron chi connectivity index (χ3n) is 14.8. The zero-order chi connectivity index (χ0) is 66.7. The first-order valence-electron chi connectivity index (χ1n) is 35.5. The highest BCUT2D eigenvalue weighted by molar-refractivity contribution is 7.47. The number of allylic oxidation sites excluding steroid dienone is 16. The quantitative estimate of drug-likeness (QED) is 0.0146. The van der Waals surface area contributed by atoms with Crippen LogP contribution in [0.15, 0.2) is 97.2 Å². The third-order valence-corrected chi connectivity index (χ3v) is 16.7. The Labute approximate surface area is 552 Å². The van der Waals surface area contributed by atoms with Crippen LogP contribution in [-0.4, -0.2) is 95.9 Å². The van der Waals surface area contributed by atoms with Gasteiger partial charge in [0.05, 0.1) is 26.4 Å². The van der Waals surface area contributed by atoms with Gasteiger partial charge in [0.25, 0.3) is 0 Å². The molecule has 0 aromatic heterocycles. The van der Waals surface area contributed by atoms with Crippen LogP contribution in [0.4, 0.5) is 0 Å². The van der Waals surface area contributed by atoms with Crippen molar-refractivity contribution < 1.29 is 75.8 Å². The maximum Gasteiger partial charge on any atom is 0.472 e. The molecule has 0 saturated heterocycles. The zero-order valence-corrected chi connectivity index (χ0v) is 58.8. The first-order chi connectivity index (χ1) is 44.2. The van der Waals surface area contributed by atoms with Crippen molar-refractivity contribution in [1.82, 2.24) is 0 Å². The Morgan fingerprint density at radius 3 is 0.956 bits per heavy atom. The number of unbranched alkanes of at least 4 members (excludes halogenated alkanes) is 28. The smallest absolute Gasteiger partial charge is 0.463 e. The minimum absolute atomic E-state index is 0.0921. The molecule has 0 aliphatic rings. The van der Waals surface area contributed by atoms with Crippen LogP contribution in [0.3, 0.4) is 0 Å². The molecule has 4 N–H and O–H groups in total. The summed E-state index contributed by atoms with van der Waals surface area (Å²) in [7, 11) is -9.78. The molecule has 16 nitrogen and oxygen atoms in total. The van der Waals surface area contributed by atoms with Crippen LogP contribution in [0.5, 0.6) is 0 Å². The Morgan fingerprint density at radius 1 is 0.319 bits per heavy atom. The lowest BCUT2D eigenvalue weighted by molar-refractivity contribution is -0.161. The fourth-order valence-electron chi connectivity index (χ4n) is 9.33. The van der Waals surface area contributed by atoms with E-state index in [1.54, 1.807) is 0 Å². The summed E-state index contributed by atoms with van der Waals surface area (Å²) in [4.78, 5) is 58.3. The number of esters is 3. The van der Waals surface area contributed by atoms with Gasteiger partial charge in [-0.2, -0.15) is 0 Å². The lowest BCUT2D eigenvalue weighted by Gasteiger charge is -2.21. The number of carbonyl (C=O) groups excluding carboxylic acids is 3. The van der Waals surface area contributed by atoms with E-state index in [-0.39, 0.29) is 19.3 Å². The Balaban J connectivity index is 4.49. The van der Waals surface area contributed by atoms with Gasteiger partial charge in [0, 0.05) is 19.3 Å². The van der Waals surface area contributed by atoms with Gasteiger partial charge in [-0.1, -0.05) is 246 Å². The molecule has 526 valence electrons. The molecule has 0 amide bonds. The van der Waals surface area contributed by atoms with Crippen molar-refractivity contribution in [3.05, 3.63) is 97.2 Å². The van der Waals surface area contributed by atoms with Crippen molar-refractivity contribution in [2.45, 2.75) is 309 Å². The molecule has 0 rings (SSSR count). The number of ether oxygens (including phenoxy) is 3. The summed E-state index contributed by atoms with van der Waals surface area (Å²) in [6.07, 6.45) is 73.2. The summed E-state index contributed by atoms with van der Waals surface area (Å²) in [6.45, 7) is 2.49. The maximum atomic E-state index is 12.9. The van der Waals surface area contributed by atoms with Gasteiger partial charge in [0.2, 0.25) is 0 Å². The van der Waals surface area contributed by atoms with Crippen LogP contribution in [0.25, 0.3) is 0 Å². The molecule has 0 radical (unpaired) electrons. The average molecular weight is 1320 g/mol. The van der Waals surface area contributed by atoms with Gasteiger partial charge >= 0.3 is 33.6 Å². The van der Waals surface area contributed by atoms with Crippen LogP contribution < -0.4 is 0 Å². The van der Waals surface area contributed by atoms with E-state index in [2.05, 4.69) is 118 Å². The van der Waals surface area contributed by atoms with E-state index in [4.69, 9.17) is 32.3 Å². The fraction of sp³-hybridized carbons (Fsp3) is 0.740. The highest BCUT2D eigenvalue weighted by Crippen LogP contribution is 2.45. The first-order valence-corrected chi connectivity index (χ1v) is 38.5. The van der Waals surface area contributed by atoms with Crippen molar-refractivity contribution in [3.8, 4) is 0 Å². The Morgan fingerprint density at radius 2 is 0.582 bits per heavy atom. The van der Waals surface area contributed by atoms with Crippen molar-refractivity contribution in [3.63, 3.8) is 0 Å². The van der Waals surface area contributed by atoms with E-state index in [1.807, 2.05) is 0 Å². The molecule has 5 atom stereocenters. The Bertz CT molecular complexity index is 2050. The van der Waals surface area contributed by atoms with E-state index in [1.165, 1.54) is 89.9 Å². The number of hydrogen-bond acceptors (Lipinski definition) is 14. The predicted octanol–water partition coefficient (Wildman–Crippen LogP) is 19.9. The van der Waals surface area contributed by atoms with Gasteiger partial charge in [0.15, 0.2) is 6.10 Å². The van der Waals surface area contributed by atoms with Crippen LogP contribution >= 0.6 is 15.6 Å². The summed E-state index contributed by atoms with van der Waals surface area (Å²) in [5.41, 5.74) is 0. The highest BCUT2D eigenvalue weighted by atomic mass is 31.2. The highest BCUT2D eigenvalue weighted by Gasteiger charge is 2.29. The normalized spacial score (nSPS) is 14.8. The minimum atomic E-state index is -4.93. The van der Waals surface area contributed by atoms with Crippen LogP contribution in [-0.2, 0) is 55.8 Å². The zero-order valence-electron chi connectivity index (χ0n) is 57.0.